The van der Waals surface area contributed by atoms with E-state index in [0.29, 0.717) is 26.0 Å². The number of carbonyl (C=O) groups excluding carboxylic acids is 3. The van der Waals surface area contributed by atoms with Gasteiger partial charge in [-0.2, -0.15) is 0 Å². The summed E-state index contributed by atoms with van der Waals surface area (Å²) in [4.78, 5) is 36.9. The van der Waals surface area contributed by atoms with Crippen LogP contribution in [-0.2, 0) is 39.9 Å². The van der Waals surface area contributed by atoms with Crippen LogP contribution in [-0.4, -0.2) is 66.7 Å². The van der Waals surface area contributed by atoms with Gasteiger partial charge in [0.05, 0.1) is 19.3 Å². The van der Waals surface area contributed by atoms with Crippen molar-refractivity contribution in [3.63, 3.8) is 0 Å². The van der Waals surface area contributed by atoms with E-state index in [9.17, 15) is 14.4 Å². The Hall–Kier alpha value is -2.88. The van der Waals surface area contributed by atoms with Crippen LogP contribution in [0.15, 0.2) is 65.6 Å². The van der Waals surface area contributed by atoms with Crippen molar-refractivity contribution < 1.29 is 33.3 Å². The fraction of sp³-hybridized carbons (Fsp3) is 0.483. The maximum Gasteiger partial charge on any atom is 0.303 e. The first-order chi connectivity index (χ1) is 18.2. The van der Waals surface area contributed by atoms with Crippen molar-refractivity contribution in [1.82, 2.24) is 4.90 Å². The van der Waals surface area contributed by atoms with E-state index in [1.54, 1.807) is 23.7 Å². The molecule has 3 rings (SSSR count). The van der Waals surface area contributed by atoms with Gasteiger partial charge in [0.2, 0.25) is 5.91 Å². The molecule has 4 atom stereocenters. The van der Waals surface area contributed by atoms with Crippen LogP contribution in [0.1, 0.15) is 39.2 Å². The molecular formula is C29H37NO7S. The molecule has 1 amide bonds. The van der Waals surface area contributed by atoms with Gasteiger partial charge in [-0.25, -0.2) is 0 Å². The molecule has 0 bridgehead atoms. The van der Waals surface area contributed by atoms with Crippen molar-refractivity contribution in [2.75, 3.05) is 26.8 Å². The molecule has 1 aliphatic rings. The molecule has 0 N–H and O–H groups in total. The largest absolute Gasteiger partial charge is 0.462 e. The molecular weight excluding hydrogens is 506 g/mol. The van der Waals surface area contributed by atoms with Crippen LogP contribution in [0, 0.1) is 5.92 Å². The van der Waals surface area contributed by atoms with Gasteiger partial charge in [-0.15, -0.1) is 0 Å². The Balaban J connectivity index is 1.81. The van der Waals surface area contributed by atoms with Crippen LogP contribution in [0.5, 0.6) is 0 Å². The number of amides is 1. The molecule has 38 heavy (non-hydrogen) atoms. The lowest BCUT2D eigenvalue weighted by Crippen LogP contribution is -2.40. The molecule has 4 unspecified atom stereocenters. The maximum absolute atomic E-state index is 12.0. The second-order valence-electron chi connectivity index (χ2n) is 9.50. The predicted molar refractivity (Wildman–Crippen MR) is 144 cm³/mol. The first-order valence-electron chi connectivity index (χ1n) is 12.7. The molecule has 0 radical (unpaired) electrons. The van der Waals surface area contributed by atoms with E-state index < -0.39 is 23.0 Å². The normalized spacial score (nSPS) is 18.6. The Morgan fingerprint density at radius 1 is 1.00 bits per heavy atom. The molecule has 1 saturated carbocycles. The van der Waals surface area contributed by atoms with Crippen molar-refractivity contribution in [3.05, 3.63) is 66.2 Å². The summed E-state index contributed by atoms with van der Waals surface area (Å²) < 4.78 is 23.6. The van der Waals surface area contributed by atoms with Gasteiger partial charge in [0, 0.05) is 51.6 Å². The summed E-state index contributed by atoms with van der Waals surface area (Å²) in [5, 5.41) is 0. The average Bonchev–Trinajstić information content (AvgIpc) is 3.64. The standard InChI is InChI=1S/C29H37NO7S/c1-21(31)30(4)16-15-29(38-25-13-9-6-10-14-25,20-34-18-24-11-7-5-8-12-24)37-27-17-26(27)28(36-23(3)33)19-35-22(2)32/h5-14,26-28H,15-20H2,1-4H3. The first kappa shape index (κ1) is 29.7. The highest BCUT2D eigenvalue weighted by molar-refractivity contribution is 8.00. The van der Waals surface area contributed by atoms with Gasteiger partial charge >= 0.3 is 11.9 Å². The zero-order valence-corrected chi connectivity index (χ0v) is 23.3. The Bertz CT molecular complexity index is 1050. The molecule has 0 aliphatic heterocycles. The van der Waals surface area contributed by atoms with Crippen molar-refractivity contribution in [2.45, 2.75) is 62.3 Å². The highest BCUT2D eigenvalue weighted by Gasteiger charge is 2.51. The summed E-state index contributed by atoms with van der Waals surface area (Å²) in [6, 6.07) is 19.8. The number of carbonyl (C=O) groups is 3. The van der Waals surface area contributed by atoms with E-state index >= 15 is 0 Å². The number of rotatable bonds is 15. The van der Waals surface area contributed by atoms with Gasteiger partial charge in [0.25, 0.3) is 0 Å². The van der Waals surface area contributed by atoms with Crippen LogP contribution >= 0.6 is 11.8 Å². The molecule has 1 aliphatic carbocycles. The Kier molecular flexibility index (Phi) is 11.2. The highest BCUT2D eigenvalue weighted by atomic mass is 32.2. The van der Waals surface area contributed by atoms with E-state index in [0.717, 1.165) is 10.5 Å². The minimum absolute atomic E-state index is 0.0180. The number of benzene rings is 2. The van der Waals surface area contributed by atoms with E-state index in [4.69, 9.17) is 18.9 Å². The predicted octanol–water partition coefficient (Wildman–Crippen LogP) is 4.46. The van der Waals surface area contributed by atoms with E-state index in [1.807, 2.05) is 60.7 Å². The van der Waals surface area contributed by atoms with Gasteiger partial charge < -0.3 is 23.8 Å². The number of hydrogen-bond donors (Lipinski definition) is 0. The molecule has 0 heterocycles. The summed E-state index contributed by atoms with van der Waals surface area (Å²) in [7, 11) is 1.76. The lowest BCUT2D eigenvalue weighted by Gasteiger charge is -2.35. The van der Waals surface area contributed by atoms with Crippen LogP contribution in [0.4, 0.5) is 0 Å². The highest BCUT2D eigenvalue weighted by Crippen LogP contribution is 2.47. The third-order valence-corrected chi connectivity index (χ3v) is 7.54. The molecule has 0 spiro atoms. The molecule has 9 heteroatoms. The quantitative estimate of drug-likeness (QED) is 0.185. The number of thioether (sulfide) groups is 1. The monoisotopic (exact) mass is 543 g/mol. The third-order valence-electron chi connectivity index (χ3n) is 6.24. The zero-order chi connectivity index (χ0) is 27.5. The average molecular weight is 544 g/mol. The Labute approximate surface area is 229 Å². The van der Waals surface area contributed by atoms with Crippen molar-refractivity contribution in [1.29, 1.82) is 0 Å². The Morgan fingerprint density at radius 2 is 1.66 bits per heavy atom. The fourth-order valence-corrected chi connectivity index (χ4v) is 5.25. The summed E-state index contributed by atoms with van der Waals surface area (Å²) in [6.07, 6.45) is 0.348. The van der Waals surface area contributed by atoms with Gasteiger partial charge in [0.15, 0.2) is 0 Å². The summed E-state index contributed by atoms with van der Waals surface area (Å²) >= 11 is 1.56. The van der Waals surface area contributed by atoms with E-state index in [1.165, 1.54) is 20.8 Å². The third kappa shape index (κ3) is 9.78. The summed E-state index contributed by atoms with van der Waals surface area (Å²) in [5.74, 6) is -1.02. The van der Waals surface area contributed by atoms with Crippen LogP contribution < -0.4 is 0 Å². The summed E-state index contributed by atoms with van der Waals surface area (Å²) in [5.41, 5.74) is 1.05. The number of hydrogen-bond acceptors (Lipinski definition) is 8. The lowest BCUT2D eigenvalue weighted by atomic mass is 10.2. The Morgan fingerprint density at radius 3 is 2.26 bits per heavy atom. The van der Waals surface area contributed by atoms with Gasteiger partial charge in [-0.1, -0.05) is 60.3 Å². The smallest absolute Gasteiger partial charge is 0.303 e. The van der Waals surface area contributed by atoms with E-state index in [-0.39, 0.29) is 31.1 Å². The molecule has 2 aromatic rings. The van der Waals surface area contributed by atoms with Crippen LogP contribution in [0.3, 0.4) is 0 Å². The fourth-order valence-electron chi connectivity index (χ4n) is 4.02. The molecule has 1 fully saturated rings. The number of ether oxygens (including phenoxy) is 4. The molecule has 0 aromatic heterocycles. The second-order valence-corrected chi connectivity index (χ2v) is 10.9. The van der Waals surface area contributed by atoms with Gasteiger partial charge in [-0.3, -0.25) is 14.4 Å². The van der Waals surface area contributed by atoms with Crippen molar-refractivity contribution in [2.24, 2.45) is 5.92 Å². The van der Waals surface area contributed by atoms with Gasteiger partial charge in [0.1, 0.15) is 17.6 Å². The first-order valence-corrected chi connectivity index (χ1v) is 13.5. The van der Waals surface area contributed by atoms with E-state index in [2.05, 4.69) is 0 Å². The number of nitrogens with zero attached hydrogens (tertiary/aromatic N) is 1. The van der Waals surface area contributed by atoms with Crippen molar-refractivity contribution >= 4 is 29.6 Å². The van der Waals surface area contributed by atoms with Crippen molar-refractivity contribution in [3.8, 4) is 0 Å². The minimum Gasteiger partial charge on any atom is -0.462 e. The minimum atomic E-state index is -0.818. The van der Waals surface area contributed by atoms with Crippen LogP contribution in [0.25, 0.3) is 0 Å². The lowest BCUT2D eigenvalue weighted by molar-refractivity contribution is -0.159. The van der Waals surface area contributed by atoms with Crippen LogP contribution in [0.2, 0.25) is 0 Å². The molecule has 206 valence electrons. The SMILES string of the molecule is CC(=O)OCC(OC(C)=O)C1CC1OC(CCN(C)C(C)=O)(COCc1ccccc1)Sc1ccccc1. The zero-order valence-electron chi connectivity index (χ0n) is 22.5. The molecule has 2 aromatic carbocycles. The maximum atomic E-state index is 12.0. The topological polar surface area (TPSA) is 91.4 Å². The summed E-state index contributed by atoms with van der Waals surface area (Å²) in [6.45, 7) is 5.35. The molecule has 0 saturated heterocycles. The molecule has 8 nitrogen and oxygen atoms in total. The van der Waals surface area contributed by atoms with Gasteiger partial charge in [-0.05, 0) is 24.1 Å². The second kappa shape index (κ2) is 14.3. The number of esters is 2.